The summed E-state index contributed by atoms with van der Waals surface area (Å²) in [6, 6.07) is 10.3. The zero-order chi connectivity index (χ0) is 14.8. The highest BCUT2D eigenvalue weighted by atomic mass is 32.1. The molecule has 0 aliphatic heterocycles. The minimum Gasteiger partial charge on any atom is -0.477 e. The standard InChI is InChI=1S/C14H10N2O4S/c17-12(15-13-6-5-11(21-13)14(18)19)7-9-8-3-1-2-4-10(8)20-16-9/h1-6H,7H2,(H,15,17)(H,18,19). The van der Waals surface area contributed by atoms with Crippen molar-refractivity contribution < 1.29 is 19.2 Å². The molecule has 0 atom stereocenters. The van der Waals surface area contributed by atoms with Gasteiger partial charge in [0.25, 0.3) is 0 Å². The van der Waals surface area contributed by atoms with Crippen LogP contribution < -0.4 is 5.32 Å². The van der Waals surface area contributed by atoms with E-state index in [2.05, 4.69) is 10.5 Å². The lowest BCUT2D eigenvalue weighted by Gasteiger charge is -2.00. The number of nitrogens with zero attached hydrogens (tertiary/aromatic N) is 1. The summed E-state index contributed by atoms with van der Waals surface area (Å²) in [5.41, 5.74) is 1.18. The molecule has 3 rings (SSSR count). The van der Waals surface area contributed by atoms with Crippen molar-refractivity contribution in [3.63, 3.8) is 0 Å². The molecule has 0 spiro atoms. The van der Waals surface area contributed by atoms with Crippen LogP contribution in [0.25, 0.3) is 11.0 Å². The number of anilines is 1. The van der Waals surface area contributed by atoms with Gasteiger partial charge in [0, 0.05) is 5.39 Å². The van der Waals surface area contributed by atoms with E-state index in [-0.39, 0.29) is 17.2 Å². The first-order valence-corrected chi connectivity index (χ1v) is 6.91. The van der Waals surface area contributed by atoms with Gasteiger partial charge in [-0.3, -0.25) is 4.79 Å². The third-order valence-corrected chi connectivity index (χ3v) is 3.85. The number of fused-ring (bicyclic) bond motifs is 1. The first-order chi connectivity index (χ1) is 10.1. The second-order valence-corrected chi connectivity index (χ2v) is 5.40. The molecule has 1 aromatic carbocycles. The van der Waals surface area contributed by atoms with E-state index in [0.29, 0.717) is 16.3 Å². The van der Waals surface area contributed by atoms with Crippen molar-refractivity contribution in [3.8, 4) is 0 Å². The quantitative estimate of drug-likeness (QED) is 0.773. The van der Waals surface area contributed by atoms with Crippen molar-refractivity contribution in [1.82, 2.24) is 5.16 Å². The van der Waals surface area contributed by atoms with E-state index in [9.17, 15) is 9.59 Å². The zero-order valence-corrected chi connectivity index (χ0v) is 11.5. The summed E-state index contributed by atoms with van der Waals surface area (Å²) in [7, 11) is 0. The summed E-state index contributed by atoms with van der Waals surface area (Å²) >= 11 is 1.01. The molecule has 0 bridgehead atoms. The van der Waals surface area contributed by atoms with Crippen LogP contribution in [0.15, 0.2) is 40.9 Å². The summed E-state index contributed by atoms with van der Waals surface area (Å²) in [6.07, 6.45) is 0.0668. The van der Waals surface area contributed by atoms with E-state index < -0.39 is 5.97 Å². The first kappa shape index (κ1) is 13.3. The van der Waals surface area contributed by atoms with Crippen LogP contribution in [-0.4, -0.2) is 22.1 Å². The van der Waals surface area contributed by atoms with Crippen LogP contribution in [0.4, 0.5) is 5.00 Å². The van der Waals surface area contributed by atoms with Crippen molar-refractivity contribution in [2.45, 2.75) is 6.42 Å². The molecule has 7 heteroatoms. The fourth-order valence-electron chi connectivity index (χ4n) is 1.92. The van der Waals surface area contributed by atoms with E-state index in [1.54, 1.807) is 12.1 Å². The topological polar surface area (TPSA) is 92.4 Å². The number of amides is 1. The molecule has 6 nitrogen and oxygen atoms in total. The predicted octanol–water partition coefficient (Wildman–Crippen LogP) is 2.77. The van der Waals surface area contributed by atoms with Gasteiger partial charge >= 0.3 is 5.97 Å². The van der Waals surface area contributed by atoms with Gasteiger partial charge in [0.05, 0.1) is 11.4 Å². The molecule has 106 valence electrons. The number of hydrogen-bond acceptors (Lipinski definition) is 5. The minimum atomic E-state index is -1.01. The Kier molecular flexibility index (Phi) is 3.41. The number of carboxylic acid groups (broad SMARTS) is 1. The lowest BCUT2D eigenvalue weighted by atomic mass is 10.2. The number of benzene rings is 1. The van der Waals surface area contributed by atoms with Crippen LogP contribution in [0.5, 0.6) is 0 Å². The maximum Gasteiger partial charge on any atom is 0.345 e. The number of hydrogen-bond donors (Lipinski definition) is 2. The summed E-state index contributed by atoms with van der Waals surface area (Å²) in [6.45, 7) is 0. The lowest BCUT2D eigenvalue weighted by Crippen LogP contribution is -2.13. The molecule has 2 N–H and O–H groups in total. The molecule has 2 heterocycles. The number of carbonyl (C=O) groups excluding carboxylic acids is 1. The third-order valence-electron chi connectivity index (χ3n) is 2.86. The fourth-order valence-corrected chi connectivity index (χ4v) is 2.68. The summed E-state index contributed by atoms with van der Waals surface area (Å²) in [4.78, 5) is 22.9. The molecular formula is C14H10N2O4S. The summed E-state index contributed by atoms with van der Waals surface area (Å²) < 4.78 is 5.13. The smallest absolute Gasteiger partial charge is 0.345 e. The van der Waals surface area contributed by atoms with Crippen LogP contribution in [-0.2, 0) is 11.2 Å². The van der Waals surface area contributed by atoms with E-state index in [0.717, 1.165) is 16.7 Å². The molecule has 0 saturated heterocycles. The number of rotatable bonds is 4. The van der Waals surface area contributed by atoms with E-state index in [4.69, 9.17) is 9.63 Å². The molecule has 0 aliphatic rings. The average Bonchev–Trinajstić information content (AvgIpc) is 3.07. The van der Waals surface area contributed by atoms with Crippen LogP contribution in [0.1, 0.15) is 15.4 Å². The number of carbonyl (C=O) groups is 2. The normalized spacial score (nSPS) is 10.7. The Morgan fingerprint density at radius 3 is 2.81 bits per heavy atom. The van der Waals surface area contributed by atoms with E-state index in [1.165, 1.54) is 6.07 Å². The van der Waals surface area contributed by atoms with Crippen molar-refractivity contribution in [1.29, 1.82) is 0 Å². The Morgan fingerprint density at radius 2 is 2.05 bits per heavy atom. The highest BCUT2D eigenvalue weighted by Gasteiger charge is 2.14. The molecule has 21 heavy (non-hydrogen) atoms. The van der Waals surface area contributed by atoms with Gasteiger partial charge in [-0.2, -0.15) is 0 Å². The fraction of sp³-hybridized carbons (Fsp3) is 0.0714. The Labute approximate surface area is 123 Å². The Balaban J connectivity index is 1.72. The predicted molar refractivity (Wildman–Crippen MR) is 77.6 cm³/mol. The van der Waals surface area contributed by atoms with Gasteiger partial charge in [0.2, 0.25) is 5.91 Å². The van der Waals surface area contributed by atoms with Crippen LogP contribution in [0.3, 0.4) is 0 Å². The van der Waals surface area contributed by atoms with Crippen LogP contribution in [0.2, 0.25) is 0 Å². The van der Waals surface area contributed by atoms with Gasteiger partial charge < -0.3 is 14.9 Å². The number of nitrogens with one attached hydrogen (secondary N) is 1. The second-order valence-electron chi connectivity index (χ2n) is 4.32. The highest BCUT2D eigenvalue weighted by molar-refractivity contribution is 7.18. The average molecular weight is 302 g/mol. The van der Waals surface area contributed by atoms with Crippen molar-refractivity contribution in [3.05, 3.63) is 47.0 Å². The van der Waals surface area contributed by atoms with Crippen LogP contribution in [0, 0.1) is 0 Å². The zero-order valence-electron chi connectivity index (χ0n) is 10.7. The largest absolute Gasteiger partial charge is 0.477 e. The third kappa shape index (κ3) is 2.77. The highest BCUT2D eigenvalue weighted by Crippen LogP contribution is 2.23. The summed E-state index contributed by atoms with van der Waals surface area (Å²) in [5, 5.41) is 16.7. The van der Waals surface area contributed by atoms with E-state index >= 15 is 0 Å². The SMILES string of the molecule is O=C(Cc1noc2ccccc12)Nc1ccc(C(=O)O)s1. The first-order valence-electron chi connectivity index (χ1n) is 6.10. The maximum atomic E-state index is 12.0. The Hall–Kier alpha value is -2.67. The molecular weight excluding hydrogens is 292 g/mol. The van der Waals surface area contributed by atoms with Gasteiger partial charge in [-0.05, 0) is 24.3 Å². The number of thiophene rings is 1. The monoisotopic (exact) mass is 302 g/mol. The number of para-hydroxylation sites is 1. The number of carboxylic acids is 1. The Bertz CT molecular complexity index is 821. The van der Waals surface area contributed by atoms with E-state index in [1.807, 2.05) is 18.2 Å². The van der Waals surface area contributed by atoms with Crippen molar-refractivity contribution >= 4 is 39.2 Å². The summed E-state index contributed by atoms with van der Waals surface area (Å²) in [5.74, 6) is -1.28. The van der Waals surface area contributed by atoms with Gasteiger partial charge in [-0.15, -0.1) is 11.3 Å². The van der Waals surface area contributed by atoms with Crippen LogP contribution >= 0.6 is 11.3 Å². The van der Waals surface area contributed by atoms with Crippen molar-refractivity contribution in [2.24, 2.45) is 0 Å². The van der Waals surface area contributed by atoms with Gasteiger partial charge in [-0.1, -0.05) is 17.3 Å². The van der Waals surface area contributed by atoms with Crippen molar-refractivity contribution in [2.75, 3.05) is 5.32 Å². The molecule has 0 saturated carbocycles. The minimum absolute atomic E-state index is 0.0668. The molecule has 0 aliphatic carbocycles. The molecule has 0 unspecified atom stereocenters. The molecule has 2 aromatic heterocycles. The Morgan fingerprint density at radius 1 is 1.24 bits per heavy atom. The van der Waals surface area contributed by atoms with Gasteiger partial charge in [0.15, 0.2) is 5.58 Å². The van der Waals surface area contributed by atoms with Gasteiger partial charge in [0.1, 0.15) is 10.6 Å². The molecule has 1 amide bonds. The maximum absolute atomic E-state index is 12.0. The lowest BCUT2D eigenvalue weighted by molar-refractivity contribution is -0.115. The molecule has 0 radical (unpaired) electrons. The van der Waals surface area contributed by atoms with Gasteiger partial charge in [-0.25, -0.2) is 4.79 Å². The molecule has 0 fully saturated rings. The number of aromatic nitrogens is 1. The second kappa shape index (κ2) is 5.37. The molecule has 3 aromatic rings. The number of aromatic carboxylic acids is 1.